The number of nitrogens with zero attached hydrogens (tertiary/aromatic N) is 1. The summed E-state index contributed by atoms with van der Waals surface area (Å²) in [5.74, 6) is 0.322. The lowest BCUT2D eigenvalue weighted by Gasteiger charge is -2.18. The number of carbonyl (C=O) groups excluding carboxylic acids is 1. The van der Waals surface area contributed by atoms with Crippen LogP contribution in [0.15, 0.2) is 16.3 Å². The van der Waals surface area contributed by atoms with Crippen LogP contribution in [0.4, 0.5) is 0 Å². The summed E-state index contributed by atoms with van der Waals surface area (Å²) in [5, 5.41) is 6.27. The molecule has 1 amide bonds. The summed E-state index contributed by atoms with van der Waals surface area (Å²) < 4.78 is 0. The molecule has 0 atom stereocenters. The summed E-state index contributed by atoms with van der Waals surface area (Å²) in [5.41, 5.74) is 2.71. The van der Waals surface area contributed by atoms with Crippen LogP contribution < -0.4 is 10.6 Å². The van der Waals surface area contributed by atoms with Crippen molar-refractivity contribution in [1.29, 1.82) is 0 Å². The molecular formula is C14H25N3O. The monoisotopic (exact) mass is 251 g/mol. The molecule has 18 heavy (non-hydrogen) atoms. The Labute approximate surface area is 110 Å². The van der Waals surface area contributed by atoms with E-state index < -0.39 is 0 Å². The van der Waals surface area contributed by atoms with Crippen molar-refractivity contribution in [3.05, 3.63) is 11.3 Å². The van der Waals surface area contributed by atoms with E-state index in [9.17, 15) is 4.79 Å². The molecule has 102 valence electrons. The molecule has 0 aromatic carbocycles. The van der Waals surface area contributed by atoms with Crippen LogP contribution in [0.25, 0.3) is 0 Å². The highest BCUT2D eigenvalue weighted by Gasteiger charge is 2.27. The molecule has 0 unspecified atom stereocenters. The van der Waals surface area contributed by atoms with Gasteiger partial charge in [0.25, 0.3) is 5.91 Å². The third-order valence-corrected chi connectivity index (χ3v) is 2.73. The Kier molecular flexibility index (Phi) is 4.93. The zero-order valence-corrected chi connectivity index (χ0v) is 12.3. The van der Waals surface area contributed by atoms with E-state index >= 15 is 0 Å². The smallest absolute Gasteiger partial charge is 0.271 e. The van der Waals surface area contributed by atoms with Crippen molar-refractivity contribution < 1.29 is 4.79 Å². The SMILES string of the molecule is CC(C)NC(=O)C1=NCC(C(C)C)=C1NC(C)C. The van der Waals surface area contributed by atoms with Gasteiger partial charge in [-0.15, -0.1) is 0 Å². The zero-order valence-electron chi connectivity index (χ0n) is 12.3. The molecule has 0 aromatic heterocycles. The molecule has 2 N–H and O–H groups in total. The molecule has 0 fully saturated rings. The minimum absolute atomic E-state index is 0.0798. The van der Waals surface area contributed by atoms with Crippen LogP contribution >= 0.6 is 0 Å². The summed E-state index contributed by atoms with van der Waals surface area (Å²) in [6, 6.07) is 0.424. The first kappa shape index (κ1) is 14.7. The maximum Gasteiger partial charge on any atom is 0.271 e. The van der Waals surface area contributed by atoms with Gasteiger partial charge in [0.15, 0.2) is 0 Å². The molecule has 0 spiro atoms. The van der Waals surface area contributed by atoms with Crippen LogP contribution in [0, 0.1) is 5.92 Å². The topological polar surface area (TPSA) is 53.5 Å². The van der Waals surface area contributed by atoms with E-state index in [1.54, 1.807) is 0 Å². The number of hydrogen-bond acceptors (Lipinski definition) is 3. The Morgan fingerprint density at radius 2 is 1.72 bits per heavy atom. The minimum atomic E-state index is -0.0798. The molecule has 0 radical (unpaired) electrons. The van der Waals surface area contributed by atoms with Gasteiger partial charge in [0.1, 0.15) is 5.71 Å². The first-order chi connectivity index (χ1) is 8.32. The van der Waals surface area contributed by atoms with Crippen molar-refractivity contribution >= 4 is 11.6 Å². The fourth-order valence-corrected chi connectivity index (χ4v) is 1.91. The fourth-order valence-electron chi connectivity index (χ4n) is 1.91. The van der Waals surface area contributed by atoms with Gasteiger partial charge < -0.3 is 10.6 Å². The number of hydrogen-bond donors (Lipinski definition) is 2. The van der Waals surface area contributed by atoms with E-state index in [1.807, 2.05) is 13.8 Å². The molecule has 0 aliphatic carbocycles. The van der Waals surface area contributed by atoms with Gasteiger partial charge >= 0.3 is 0 Å². The third-order valence-electron chi connectivity index (χ3n) is 2.73. The third kappa shape index (κ3) is 3.59. The van der Waals surface area contributed by atoms with Crippen LogP contribution in [0.2, 0.25) is 0 Å². The second-order valence-electron chi connectivity index (χ2n) is 5.65. The summed E-state index contributed by atoms with van der Waals surface area (Å²) in [6.45, 7) is 13.0. The number of rotatable bonds is 5. The number of aliphatic imine (C=N–C) groups is 1. The summed E-state index contributed by atoms with van der Waals surface area (Å²) in [4.78, 5) is 16.5. The van der Waals surface area contributed by atoms with Crippen molar-refractivity contribution in [1.82, 2.24) is 10.6 Å². The molecule has 0 aromatic rings. The van der Waals surface area contributed by atoms with Crippen LogP contribution in [-0.4, -0.2) is 30.2 Å². The standard InChI is InChI=1S/C14H25N3O/c1-8(2)11-7-15-13(12(11)16-9(3)4)14(18)17-10(5)6/h8-10,16H,7H2,1-6H3,(H,17,18). The molecule has 0 saturated heterocycles. The second-order valence-corrected chi connectivity index (χ2v) is 5.65. The lowest BCUT2D eigenvalue weighted by molar-refractivity contribution is -0.115. The van der Waals surface area contributed by atoms with Gasteiger partial charge in [0.2, 0.25) is 0 Å². The van der Waals surface area contributed by atoms with Crippen molar-refractivity contribution in [3.63, 3.8) is 0 Å². The summed E-state index contributed by atoms with van der Waals surface area (Å²) >= 11 is 0. The Bertz CT molecular complexity index is 379. The van der Waals surface area contributed by atoms with Gasteiger partial charge in [0, 0.05) is 12.1 Å². The van der Waals surface area contributed by atoms with E-state index in [-0.39, 0.29) is 11.9 Å². The van der Waals surface area contributed by atoms with Crippen molar-refractivity contribution in [3.8, 4) is 0 Å². The Morgan fingerprint density at radius 3 is 2.17 bits per heavy atom. The lowest BCUT2D eigenvalue weighted by Crippen LogP contribution is -2.40. The van der Waals surface area contributed by atoms with Gasteiger partial charge in [-0.3, -0.25) is 9.79 Å². The molecule has 4 nitrogen and oxygen atoms in total. The molecular weight excluding hydrogens is 226 g/mol. The van der Waals surface area contributed by atoms with Gasteiger partial charge in [0.05, 0.1) is 12.2 Å². The second kappa shape index (κ2) is 6.03. The highest BCUT2D eigenvalue weighted by Crippen LogP contribution is 2.21. The largest absolute Gasteiger partial charge is 0.381 e. The lowest BCUT2D eigenvalue weighted by atomic mass is 10.0. The fraction of sp³-hybridized carbons (Fsp3) is 0.714. The van der Waals surface area contributed by atoms with Crippen LogP contribution in [-0.2, 0) is 4.79 Å². The molecule has 0 saturated carbocycles. The van der Waals surface area contributed by atoms with Gasteiger partial charge in [-0.1, -0.05) is 13.8 Å². The molecule has 1 aliphatic heterocycles. The highest BCUT2D eigenvalue weighted by molar-refractivity contribution is 6.46. The zero-order chi connectivity index (χ0) is 13.9. The number of carbonyl (C=O) groups is 1. The Morgan fingerprint density at radius 1 is 1.11 bits per heavy atom. The van der Waals surface area contributed by atoms with Crippen molar-refractivity contribution in [2.75, 3.05) is 6.54 Å². The van der Waals surface area contributed by atoms with Crippen molar-refractivity contribution in [2.45, 2.75) is 53.6 Å². The van der Waals surface area contributed by atoms with E-state index in [2.05, 4.69) is 43.3 Å². The minimum Gasteiger partial charge on any atom is -0.381 e. The van der Waals surface area contributed by atoms with Gasteiger partial charge in [-0.05, 0) is 39.2 Å². The first-order valence-corrected chi connectivity index (χ1v) is 6.68. The molecule has 1 rings (SSSR count). The first-order valence-electron chi connectivity index (χ1n) is 6.68. The number of amides is 1. The molecule has 4 heteroatoms. The van der Waals surface area contributed by atoms with Crippen LogP contribution in [0.3, 0.4) is 0 Å². The van der Waals surface area contributed by atoms with E-state index in [0.717, 1.165) is 5.70 Å². The predicted molar refractivity (Wildman–Crippen MR) is 75.7 cm³/mol. The summed E-state index contributed by atoms with van der Waals surface area (Å²) in [6.07, 6.45) is 0. The number of nitrogens with one attached hydrogen (secondary N) is 2. The quantitative estimate of drug-likeness (QED) is 0.784. The maximum absolute atomic E-state index is 12.1. The normalized spacial score (nSPS) is 15.7. The average molecular weight is 251 g/mol. The van der Waals surface area contributed by atoms with Crippen LogP contribution in [0.5, 0.6) is 0 Å². The van der Waals surface area contributed by atoms with Crippen LogP contribution in [0.1, 0.15) is 41.5 Å². The molecule has 1 aliphatic rings. The maximum atomic E-state index is 12.1. The average Bonchev–Trinajstić information content (AvgIpc) is 2.59. The van der Waals surface area contributed by atoms with Gasteiger partial charge in [-0.2, -0.15) is 0 Å². The van der Waals surface area contributed by atoms with Crippen molar-refractivity contribution in [2.24, 2.45) is 10.9 Å². The summed E-state index contributed by atoms with van der Waals surface area (Å²) in [7, 11) is 0. The highest BCUT2D eigenvalue weighted by atomic mass is 16.2. The molecule has 1 heterocycles. The van der Waals surface area contributed by atoms with E-state index in [1.165, 1.54) is 5.57 Å². The molecule has 0 bridgehead atoms. The Hall–Kier alpha value is -1.32. The van der Waals surface area contributed by atoms with E-state index in [4.69, 9.17) is 0 Å². The Balaban J connectivity index is 2.95. The van der Waals surface area contributed by atoms with Gasteiger partial charge in [-0.25, -0.2) is 0 Å². The predicted octanol–water partition coefficient (Wildman–Crippen LogP) is 1.87. The van der Waals surface area contributed by atoms with E-state index in [0.29, 0.717) is 24.2 Å².